The third-order valence-corrected chi connectivity index (χ3v) is 6.92. The smallest absolute Gasteiger partial charge is 0.264 e. The van der Waals surface area contributed by atoms with E-state index in [1.54, 1.807) is 24.3 Å². The lowest BCUT2D eigenvalue weighted by Crippen LogP contribution is -2.50. The molecule has 2 amide bonds. The minimum absolute atomic E-state index is 0.0566. The lowest BCUT2D eigenvalue weighted by atomic mass is 10.1. The zero-order valence-corrected chi connectivity index (χ0v) is 19.2. The summed E-state index contributed by atoms with van der Waals surface area (Å²) in [7, 11) is 0.0182. The lowest BCUT2D eigenvalue weighted by Gasteiger charge is -2.31. The van der Waals surface area contributed by atoms with E-state index >= 15 is 0 Å². The summed E-state index contributed by atoms with van der Waals surface area (Å²) in [5.74, 6) is -1.01. The highest BCUT2D eigenvalue weighted by Gasteiger charge is 2.36. The molecule has 0 aromatic heterocycles. The predicted octanol–water partition coefficient (Wildman–Crippen LogP) is 2.09. The van der Waals surface area contributed by atoms with E-state index in [2.05, 4.69) is 15.5 Å². The van der Waals surface area contributed by atoms with Crippen molar-refractivity contribution in [3.8, 4) is 0 Å². The van der Waals surface area contributed by atoms with Gasteiger partial charge in [-0.3, -0.25) is 13.9 Å². The lowest BCUT2D eigenvalue weighted by molar-refractivity contribution is -0.127. The first-order chi connectivity index (χ1) is 15.2. The van der Waals surface area contributed by atoms with Gasteiger partial charge in [-0.05, 0) is 57.3 Å². The minimum Gasteiger partial charge on any atom is -0.329 e. The molecule has 170 valence electrons. The van der Waals surface area contributed by atoms with Gasteiger partial charge in [-0.2, -0.15) is 0 Å². The second-order valence-electron chi connectivity index (χ2n) is 7.99. The molecule has 0 bridgehead atoms. The van der Waals surface area contributed by atoms with Gasteiger partial charge in [0.2, 0.25) is 11.8 Å². The van der Waals surface area contributed by atoms with Crippen LogP contribution in [0, 0.1) is 6.92 Å². The molecule has 0 fully saturated rings. The van der Waals surface area contributed by atoms with E-state index in [0.717, 1.165) is 28.4 Å². The van der Waals surface area contributed by atoms with Crippen molar-refractivity contribution in [2.75, 3.05) is 26.0 Å². The highest BCUT2D eigenvalue weighted by molar-refractivity contribution is 7.89. The van der Waals surface area contributed by atoms with Gasteiger partial charge in [0, 0.05) is 24.6 Å². The van der Waals surface area contributed by atoms with Crippen LogP contribution in [0.25, 0.3) is 0 Å². The number of sulfonamides is 1. The molecule has 2 N–H and O–H groups in total. The minimum atomic E-state index is -4.00. The molecule has 0 radical (unpaired) electrons. The van der Waals surface area contributed by atoms with Gasteiger partial charge in [0.05, 0.1) is 11.3 Å². The number of benzene rings is 2. The van der Waals surface area contributed by atoms with Crippen molar-refractivity contribution in [1.82, 2.24) is 14.5 Å². The zero-order chi connectivity index (χ0) is 23.3. The quantitative estimate of drug-likeness (QED) is 0.634. The molecule has 0 saturated heterocycles. The molecule has 2 aromatic carbocycles. The predicted molar refractivity (Wildman–Crippen MR) is 123 cm³/mol. The summed E-state index contributed by atoms with van der Waals surface area (Å²) in [6.07, 6.45) is 3.11. The Bertz CT molecular complexity index is 1090. The standard InChI is InChI=1S/C23H28N4O4S/c1-17-4-10-20(11-5-17)32(30,31)27-15-13-24-23(29)21(27)16-22(28)25-19-8-6-18(7-9-19)12-14-26(2)3/h4-11,13,15,21H,12,14,16H2,1-3H3,(H,24,29)(H,25,28)/t21-/m1/s1. The third kappa shape index (κ3) is 5.74. The number of carbonyl (C=O) groups excluding carboxylic acids is 2. The van der Waals surface area contributed by atoms with E-state index in [1.165, 1.54) is 24.5 Å². The Morgan fingerprint density at radius 2 is 1.75 bits per heavy atom. The van der Waals surface area contributed by atoms with Gasteiger partial charge in [0.15, 0.2) is 0 Å². The molecule has 3 rings (SSSR count). The van der Waals surface area contributed by atoms with Gasteiger partial charge in [-0.1, -0.05) is 29.8 Å². The molecule has 1 aliphatic heterocycles. The number of nitrogens with zero attached hydrogens (tertiary/aromatic N) is 2. The van der Waals surface area contributed by atoms with Crippen LogP contribution in [0.2, 0.25) is 0 Å². The Kier molecular flexibility index (Phi) is 7.32. The van der Waals surface area contributed by atoms with Crippen LogP contribution in [0.3, 0.4) is 0 Å². The van der Waals surface area contributed by atoms with E-state index in [9.17, 15) is 18.0 Å². The number of anilines is 1. The van der Waals surface area contributed by atoms with E-state index < -0.39 is 27.9 Å². The molecule has 0 spiro atoms. The number of hydrogen-bond acceptors (Lipinski definition) is 5. The molecule has 1 atom stereocenters. The van der Waals surface area contributed by atoms with Crippen LogP contribution < -0.4 is 10.6 Å². The monoisotopic (exact) mass is 456 g/mol. The first kappa shape index (κ1) is 23.5. The molecule has 9 heteroatoms. The van der Waals surface area contributed by atoms with Gasteiger partial charge in [-0.15, -0.1) is 0 Å². The molecule has 1 heterocycles. The van der Waals surface area contributed by atoms with Gasteiger partial charge < -0.3 is 15.5 Å². The first-order valence-electron chi connectivity index (χ1n) is 10.3. The number of rotatable bonds is 8. The summed E-state index contributed by atoms with van der Waals surface area (Å²) >= 11 is 0. The fraction of sp³-hybridized carbons (Fsp3) is 0.304. The van der Waals surface area contributed by atoms with Crippen molar-refractivity contribution in [3.05, 3.63) is 72.1 Å². The maximum absolute atomic E-state index is 13.1. The van der Waals surface area contributed by atoms with Crippen molar-refractivity contribution in [2.24, 2.45) is 0 Å². The largest absolute Gasteiger partial charge is 0.329 e. The van der Waals surface area contributed by atoms with E-state index in [1.807, 2.05) is 33.2 Å². The Morgan fingerprint density at radius 1 is 1.09 bits per heavy atom. The molecular formula is C23H28N4O4S. The summed E-state index contributed by atoms with van der Waals surface area (Å²) in [5.41, 5.74) is 2.65. The molecule has 2 aromatic rings. The molecule has 0 unspecified atom stereocenters. The molecule has 8 nitrogen and oxygen atoms in total. The number of nitrogens with one attached hydrogen (secondary N) is 2. The van der Waals surface area contributed by atoms with Crippen molar-refractivity contribution < 1.29 is 18.0 Å². The summed E-state index contributed by atoms with van der Waals surface area (Å²) < 4.78 is 27.1. The van der Waals surface area contributed by atoms with E-state index in [4.69, 9.17) is 0 Å². The average molecular weight is 457 g/mol. The summed E-state index contributed by atoms with van der Waals surface area (Å²) in [6.45, 7) is 2.77. The fourth-order valence-corrected chi connectivity index (χ4v) is 4.72. The Balaban J connectivity index is 1.71. The van der Waals surface area contributed by atoms with Gasteiger partial charge in [-0.25, -0.2) is 8.42 Å². The summed E-state index contributed by atoms with van der Waals surface area (Å²) in [5, 5.41) is 5.23. The van der Waals surface area contributed by atoms with E-state index in [-0.39, 0.29) is 11.3 Å². The van der Waals surface area contributed by atoms with Crippen LogP contribution in [-0.2, 0) is 26.0 Å². The van der Waals surface area contributed by atoms with Crippen molar-refractivity contribution in [2.45, 2.75) is 30.7 Å². The zero-order valence-electron chi connectivity index (χ0n) is 18.4. The SMILES string of the molecule is Cc1ccc(S(=O)(=O)N2C=CNC(=O)[C@H]2CC(=O)Nc2ccc(CCN(C)C)cc2)cc1. The van der Waals surface area contributed by atoms with Crippen molar-refractivity contribution in [1.29, 1.82) is 0 Å². The van der Waals surface area contributed by atoms with Crippen LogP contribution in [0.15, 0.2) is 65.8 Å². The van der Waals surface area contributed by atoms with Gasteiger partial charge in [0.1, 0.15) is 6.04 Å². The number of aryl methyl sites for hydroxylation is 1. The normalized spacial score (nSPS) is 16.2. The molecular weight excluding hydrogens is 428 g/mol. The Labute approximate surface area is 189 Å². The van der Waals surface area contributed by atoms with Crippen LogP contribution in [-0.4, -0.2) is 56.1 Å². The highest BCUT2D eigenvalue weighted by Crippen LogP contribution is 2.23. The molecule has 0 aliphatic carbocycles. The van der Waals surface area contributed by atoms with Crippen molar-refractivity contribution in [3.63, 3.8) is 0 Å². The maximum atomic E-state index is 13.1. The molecule has 32 heavy (non-hydrogen) atoms. The van der Waals surface area contributed by atoms with Crippen molar-refractivity contribution >= 4 is 27.5 Å². The van der Waals surface area contributed by atoms with Gasteiger partial charge >= 0.3 is 0 Å². The Hall–Kier alpha value is -3.17. The molecule has 0 saturated carbocycles. The van der Waals surface area contributed by atoms with Crippen LogP contribution in [0.5, 0.6) is 0 Å². The number of hydrogen-bond donors (Lipinski definition) is 2. The fourth-order valence-electron chi connectivity index (χ4n) is 3.27. The maximum Gasteiger partial charge on any atom is 0.264 e. The van der Waals surface area contributed by atoms with Crippen LogP contribution in [0.1, 0.15) is 17.5 Å². The second-order valence-corrected chi connectivity index (χ2v) is 9.83. The number of likely N-dealkylation sites (N-methyl/N-ethyl adjacent to an activating group) is 1. The topological polar surface area (TPSA) is 98.8 Å². The van der Waals surface area contributed by atoms with Gasteiger partial charge in [0.25, 0.3) is 10.0 Å². The summed E-state index contributed by atoms with van der Waals surface area (Å²) in [6, 6.07) is 12.6. The van der Waals surface area contributed by atoms with Crippen LogP contribution >= 0.6 is 0 Å². The summed E-state index contributed by atoms with van der Waals surface area (Å²) in [4.78, 5) is 27.2. The van der Waals surface area contributed by atoms with Crippen LogP contribution in [0.4, 0.5) is 5.69 Å². The number of amides is 2. The third-order valence-electron chi connectivity index (χ3n) is 5.12. The highest BCUT2D eigenvalue weighted by atomic mass is 32.2. The number of carbonyl (C=O) groups is 2. The Morgan fingerprint density at radius 3 is 2.38 bits per heavy atom. The molecule has 1 aliphatic rings. The average Bonchev–Trinajstić information content (AvgIpc) is 2.75. The first-order valence-corrected chi connectivity index (χ1v) is 11.7. The second kappa shape index (κ2) is 9.97. The van der Waals surface area contributed by atoms with E-state index in [0.29, 0.717) is 5.69 Å².